The number of halogens is 1. The minimum Gasteiger partial charge on any atom is -0.466 e. The third-order valence-electron chi connectivity index (χ3n) is 4.96. The van der Waals surface area contributed by atoms with Crippen molar-refractivity contribution in [1.29, 1.82) is 0 Å². The summed E-state index contributed by atoms with van der Waals surface area (Å²) in [6, 6.07) is 4.81. The van der Waals surface area contributed by atoms with Crippen molar-refractivity contribution < 1.29 is 28.6 Å². The van der Waals surface area contributed by atoms with E-state index in [0.29, 0.717) is 29.4 Å². The second-order valence-electron chi connectivity index (χ2n) is 6.73. The van der Waals surface area contributed by atoms with Gasteiger partial charge in [0.1, 0.15) is 12.4 Å². The average Bonchev–Trinajstić information content (AvgIpc) is 2.77. The number of esters is 2. The van der Waals surface area contributed by atoms with Crippen LogP contribution in [-0.4, -0.2) is 63.4 Å². The Balaban J connectivity index is 2.09. The van der Waals surface area contributed by atoms with E-state index in [-0.39, 0.29) is 30.5 Å². The molecule has 156 valence electrons. The monoisotopic (exact) mass is 422 g/mol. The van der Waals surface area contributed by atoms with Gasteiger partial charge in [0, 0.05) is 18.1 Å². The van der Waals surface area contributed by atoms with E-state index >= 15 is 0 Å². The van der Waals surface area contributed by atoms with Crippen molar-refractivity contribution in [2.45, 2.75) is 19.3 Å². The summed E-state index contributed by atoms with van der Waals surface area (Å²) in [4.78, 5) is 41.2. The number of carbonyl (C=O) groups is 3. The summed E-state index contributed by atoms with van der Waals surface area (Å²) < 4.78 is 15.2. The third kappa shape index (κ3) is 4.38. The van der Waals surface area contributed by atoms with Crippen molar-refractivity contribution in [2.75, 3.05) is 45.5 Å². The van der Waals surface area contributed by atoms with Crippen molar-refractivity contribution in [3.63, 3.8) is 0 Å². The van der Waals surface area contributed by atoms with E-state index < -0.39 is 11.9 Å². The summed E-state index contributed by atoms with van der Waals surface area (Å²) in [6.07, 6.45) is 2.96. The Labute approximate surface area is 173 Å². The molecule has 0 unspecified atom stereocenters. The third-order valence-corrected chi connectivity index (χ3v) is 5.19. The van der Waals surface area contributed by atoms with E-state index in [1.165, 1.54) is 19.1 Å². The van der Waals surface area contributed by atoms with Crippen LogP contribution in [-0.2, 0) is 23.8 Å². The Kier molecular flexibility index (Phi) is 6.76. The summed E-state index contributed by atoms with van der Waals surface area (Å²) >= 11 is 6.17. The topological polar surface area (TPSA) is 85.4 Å². The molecule has 0 aromatic heterocycles. The normalized spacial score (nSPS) is 17.2. The van der Waals surface area contributed by atoms with E-state index in [1.54, 1.807) is 23.1 Å². The average molecular weight is 423 g/mol. The number of benzene rings is 1. The standard InChI is InChI=1S/C20H23ClN2O6/c1-27-19(25)15-11-29-12-23(17(15)20(26)28-2)16-7-6-13(21)10-14(16)18(24)22-8-4-3-5-9-22/h6-7,10H,3-5,8-9,11-12H2,1-2H3. The molecule has 0 radical (unpaired) electrons. The molecular formula is C20H23ClN2O6. The lowest BCUT2D eigenvalue weighted by Crippen LogP contribution is -2.41. The quantitative estimate of drug-likeness (QED) is 0.688. The molecule has 0 spiro atoms. The molecule has 1 fully saturated rings. The van der Waals surface area contributed by atoms with Crippen LogP contribution in [0.15, 0.2) is 29.5 Å². The highest BCUT2D eigenvalue weighted by atomic mass is 35.5. The molecular weight excluding hydrogens is 400 g/mol. The Hall–Kier alpha value is -2.58. The molecule has 8 nitrogen and oxygen atoms in total. The molecule has 9 heteroatoms. The van der Waals surface area contributed by atoms with Crippen molar-refractivity contribution in [2.24, 2.45) is 0 Å². The first kappa shape index (κ1) is 21.1. The molecule has 1 saturated heterocycles. The molecule has 1 amide bonds. The Morgan fingerprint density at radius 1 is 1.03 bits per heavy atom. The van der Waals surface area contributed by atoms with Crippen LogP contribution < -0.4 is 4.90 Å². The van der Waals surface area contributed by atoms with Gasteiger partial charge in [0.05, 0.1) is 37.7 Å². The van der Waals surface area contributed by atoms with Crippen molar-refractivity contribution >= 4 is 35.1 Å². The molecule has 0 saturated carbocycles. The highest BCUT2D eigenvalue weighted by Gasteiger charge is 2.34. The van der Waals surface area contributed by atoms with Crippen molar-refractivity contribution in [3.05, 3.63) is 40.1 Å². The number of amides is 1. The highest BCUT2D eigenvalue weighted by molar-refractivity contribution is 6.31. The van der Waals surface area contributed by atoms with Gasteiger partial charge in [-0.1, -0.05) is 11.6 Å². The van der Waals surface area contributed by atoms with Gasteiger partial charge in [-0.2, -0.15) is 0 Å². The fraction of sp³-hybridized carbons (Fsp3) is 0.450. The number of carbonyl (C=O) groups excluding carboxylic acids is 3. The zero-order chi connectivity index (χ0) is 21.0. The largest absolute Gasteiger partial charge is 0.466 e. The molecule has 2 aliphatic heterocycles. The van der Waals surface area contributed by atoms with Crippen LogP contribution in [0.2, 0.25) is 5.02 Å². The first-order chi connectivity index (χ1) is 14.0. The zero-order valence-corrected chi connectivity index (χ0v) is 17.2. The molecule has 1 aromatic rings. The lowest BCUT2D eigenvalue weighted by Gasteiger charge is -2.34. The molecule has 0 atom stereocenters. The predicted molar refractivity (Wildman–Crippen MR) is 106 cm³/mol. The van der Waals surface area contributed by atoms with E-state index in [0.717, 1.165) is 19.3 Å². The fourth-order valence-electron chi connectivity index (χ4n) is 3.52. The molecule has 2 heterocycles. The summed E-state index contributed by atoms with van der Waals surface area (Å²) in [6.45, 7) is 1.19. The van der Waals surface area contributed by atoms with E-state index in [2.05, 4.69) is 0 Å². The number of hydrogen-bond donors (Lipinski definition) is 0. The number of methoxy groups -OCH3 is 2. The highest BCUT2D eigenvalue weighted by Crippen LogP contribution is 2.32. The molecule has 0 bridgehead atoms. The van der Waals surface area contributed by atoms with Crippen LogP contribution >= 0.6 is 11.6 Å². The van der Waals surface area contributed by atoms with Crippen LogP contribution in [0.5, 0.6) is 0 Å². The maximum Gasteiger partial charge on any atom is 0.355 e. The van der Waals surface area contributed by atoms with Crippen LogP contribution in [0.3, 0.4) is 0 Å². The lowest BCUT2D eigenvalue weighted by atomic mass is 10.1. The van der Waals surface area contributed by atoms with E-state index in [4.69, 9.17) is 25.8 Å². The smallest absolute Gasteiger partial charge is 0.355 e. The molecule has 0 aliphatic carbocycles. The summed E-state index contributed by atoms with van der Waals surface area (Å²) in [5.74, 6) is -1.61. The van der Waals surface area contributed by atoms with Gasteiger partial charge in [-0.15, -0.1) is 0 Å². The van der Waals surface area contributed by atoms with Gasteiger partial charge in [0.15, 0.2) is 0 Å². The van der Waals surface area contributed by atoms with Gasteiger partial charge in [-0.3, -0.25) is 4.79 Å². The minimum absolute atomic E-state index is 0.0133. The Morgan fingerprint density at radius 2 is 1.72 bits per heavy atom. The van der Waals surface area contributed by atoms with E-state index in [9.17, 15) is 14.4 Å². The number of ether oxygens (including phenoxy) is 3. The number of likely N-dealkylation sites (tertiary alicyclic amines) is 1. The Bertz CT molecular complexity index is 847. The molecule has 3 rings (SSSR count). The minimum atomic E-state index is -0.722. The van der Waals surface area contributed by atoms with Crippen molar-refractivity contribution in [3.8, 4) is 0 Å². The summed E-state index contributed by atoms with van der Waals surface area (Å²) in [5.41, 5.74) is 0.750. The van der Waals surface area contributed by atoms with Gasteiger partial charge >= 0.3 is 11.9 Å². The molecule has 1 aromatic carbocycles. The van der Waals surface area contributed by atoms with E-state index in [1.807, 2.05) is 0 Å². The second kappa shape index (κ2) is 9.28. The van der Waals surface area contributed by atoms with Gasteiger partial charge in [-0.25, -0.2) is 9.59 Å². The van der Waals surface area contributed by atoms with Crippen LogP contribution in [0.25, 0.3) is 0 Å². The van der Waals surface area contributed by atoms with Gasteiger partial charge in [-0.05, 0) is 37.5 Å². The van der Waals surface area contributed by atoms with Crippen LogP contribution in [0, 0.1) is 0 Å². The molecule has 29 heavy (non-hydrogen) atoms. The number of nitrogens with zero attached hydrogens (tertiary/aromatic N) is 2. The van der Waals surface area contributed by atoms with Crippen LogP contribution in [0.4, 0.5) is 5.69 Å². The van der Waals surface area contributed by atoms with Gasteiger partial charge in [0.2, 0.25) is 0 Å². The van der Waals surface area contributed by atoms with Crippen molar-refractivity contribution in [1.82, 2.24) is 4.90 Å². The SMILES string of the molecule is COC(=O)C1=C(C(=O)OC)N(c2ccc(Cl)cc2C(=O)N2CCCCC2)COC1. The van der Waals surface area contributed by atoms with Gasteiger partial charge in [0.25, 0.3) is 5.91 Å². The summed E-state index contributed by atoms with van der Waals surface area (Å²) in [7, 11) is 2.44. The van der Waals surface area contributed by atoms with Gasteiger partial charge < -0.3 is 24.0 Å². The maximum absolute atomic E-state index is 13.2. The number of rotatable bonds is 4. The number of piperidine rings is 1. The first-order valence-electron chi connectivity index (χ1n) is 9.31. The first-order valence-corrected chi connectivity index (χ1v) is 9.69. The summed E-state index contributed by atoms with van der Waals surface area (Å²) in [5, 5.41) is 0.392. The molecule has 0 N–H and O–H groups in total. The zero-order valence-electron chi connectivity index (χ0n) is 16.4. The predicted octanol–water partition coefficient (Wildman–Crippen LogP) is 2.36. The number of anilines is 1. The van der Waals surface area contributed by atoms with Crippen LogP contribution in [0.1, 0.15) is 29.6 Å². The lowest BCUT2D eigenvalue weighted by molar-refractivity contribution is -0.140. The maximum atomic E-state index is 13.2. The molecule has 2 aliphatic rings. The number of hydrogen-bond acceptors (Lipinski definition) is 7. The second-order valence-corrected chi connectivity index (χ2v) is 7.17. The Morgan fingerprint density at radius 3 is 2.38 bits per heavy atom. The fourth-order valence-corrected chi connectivity index (χ4v) is 3.69.